The molecule has 2 saturated heterocycles. The second-order valence-corrected chi connectivity index (χ2v) is 13.8. The third-order valence-corrected chi connectivity index (χ3v) is 12.9. The predicted octanol–water partition coefficient (Wildman–Crippen LogP) is 4.86. The van der Waals surface area contributed by atoms with E-state index in [9.17, 15) is 4.79 Å². The molecule has 0 aliphatic carbocycles. The molecular weight excluding hydrogens is 471 g/mol. The normalized spacial score (nSPS) is 20.4. The number of carbonyl (C=O) groups is 1. The Morgan fingerprint density at radius 1 is 0.622 bits per heavy atom. The predicted molar refractivity (Wildman–Crippen MR) is 155 cm³/mol. The van der Waals surface area contributed by atoms with E-state index >= 15 is 0 Å². The zero-order valence-electron chi connectivity index (χ0n) is 21.2. The molecule has 2 aliphatic rings. The Morgan fingerprint density at radius 2 is 1.11 bits per heavy atom. The summed E-state index contributed by atoms with van der Waals surface area (Å²) < 4.78 is 0. The van der Waals surface area contributed by atoms with Gasteiger partial charge in [-0.25, -0.2) is 0 Å². The van der Waals surface area contributed by atoms with E-state index in [1.807, 2.05) is 0 Å². The van der Waals surface area contributed by atoms with Crippen LogP contribution in [-0.4, -0.2) is 47.0 Å². The van der Waals surface area contributed by atoms with Crippen LogP contribution in [0.15, 0.2) is 121 Å². The van der Waals surface area contributed by atoms with Gasteiger partial charge in [-0.3, -0.25) is 9.69 Å². The van der Waals surface area contributed by atoms with Gasteiger partial charge in [-0.05, 0) is 48.4 Å². The van der Waals surface area contributed by atoms with E-state index in [-0.39, 0.29) is 5.66 Å². The number of nitrogens with zero attached hydrogens (tertiary/aromatic N) is 2. The molecule has 0 saturated carbocycles. The zero-order chi connectivity index (χ0) is 25.1. The Hall–Kier alpha value is -3.26. The number of carbonyl (C=O) groups excluding carboxylic acids is 1. The van der Waals surface area contributed by atoms with Crippen LogP contribution in [0, 0.1) is 0 Å². The quantitative estimate of drug-likeness (QED) is 0.335. The topological polar surface area (TPSA) is 23.6 Å². The van der Waals surface area contributed by atoms with Gasteiger partial charge in [0.2, 0.25) is 0 Å². The van der Waals surface area contributed by atoms with Crippen molar-refractivity contribution in [3.05, 3.63) is 127 Å². The lowest BCUT2D eigenvalue weighted by atomic mass is 10.2. The zero-order valence-corrected chi connectivity index (χ0v) is 22.1. The van der Waals surface area contributed by atoms with Gasteiger partial charge in [0.15, 0.2) is 5.66 Å². The number of amides is 1. The van der Waals surface area contributed by atoms with Crippen molar-refractivity contribution >= 4 is 29.1 Å². The van der Waals surface area contributed by atoms with Crippen LogP contribution < -0.4 is 15.9 Å². The summed E-state index contributed by atoms with van der Waals surface area (Å²) >= 11 is 0. The van der Waals surface area contributed by atoms with Crippen LogP contribution in [-0.2, 0) is 11.3 Å². The monoisotopic (exact) mass is 505 g/mol. The Labute approximate surface area is 221 Å². The van der Waals surface area contributed by atoms with E-state index in [0.717, 1.165) is 39.0 Å². The van der Waals surface area contributed by atoms with Crippen molar-refractivity contribution in [2.45, 2.75) is 31.1 Å². The van der Waals surface area contributed by atoms with E-state index in [4.69, 9.17) is 0 Å². The molecule has 6 rings (SSSR count). The average Bonchev–Trinajstić information content (AvgIpc) is 3.58. The first kappa shape index (κ1) is 24.1. The van der Waals surface area contributed by atoms with E-state index < -0.39 is 7.26 Å². The number of hydrogen-bond donors (Lipinski definition) is 0. The van der Waals surface area contributed by atoms with Crippen LogP contribution in [0.2, 0.25) is 0 Å². The molecule has 0 radical (unpaired) electrons. The standard InChI is InChI=1S/C33H34N2OP/c36-33-32(22-24-35(33)28-21-23-34(26-28)25-27-13-5-1-6-14-27)37(29-15-7-2-8-16-29,30-17-9-3-10-18-30)31-19-11-4-12-20-31/h1-20,28,32H,21-26H2/q+1/t28-,32-/m1/s1. The molecule has 186 valence electrons. The van der Waals surface area contributed by atoms with Gasteiger partial charge in [-0.15, -0.1) is 0 Å². The molecule has 2 aliphatic heterocycles. The van der Waals surface area contributed by atoms with Gasteiger partial charge >= 0.3 is 0 Å². The second-order valence-electron chi connectivity index (χ2n) is 10.2. The largest absolute Gasteiger partial charge is 0.335 e. The fraction of sp³-hybridized carbons (Fsp3) is 0.242. The number of benzene rings is 4. The van der Waals surface area contributed by atoms with Gasteiger partial charge in [-0.2, -0.15) is 0 Å². The number of hydrogen-bond acceptors (Lipinski definition) is 2. The van der Waals surface area contributed by atoms with Crippen molar-refractivity contribution in [3.8, 4) is 0 Å². The minimum Gasteiger partial charge on any atom is -0.335 e. The van der Waals surface area contributed by atoms with E-state index in [2.05, 4.69) is 131 Å². The summed E-state index contributed by atoms with van der Waals surface area (Å²) in [4.78, 5) is 19.2. The van der Waals surface area contributed by atoms with Gasteiger partial charge in [0.25, 0.3) is 5.91 Å². The highest BCUT2D eigenvalue weighted by Gasteiger charge is 2.59. The van der Waals surface area contributed by atoms with Crippen molar-refractivity contribution in [1.29, 1.82) is 0 Å². The highest BCUT2D eigenvalue weighted by Crippen LogP contribution is 2.62. The molecule has 0 spiro atoms. The summed E-state index contributed by atoms with van der Waals surface area (Å²) in [6.45, 7) is 3.81. The summed E-state index contributed by atoms with van der Waals surface area (Å²) in [7, 11) is -2.21. The van der Waals surface area contributed by atoms with Crippen LogP contribution in [0.5, 0.6) is 0 Å². The molecule has 0 aromatic heterocycles. The van der Waals surface area contributed by atoms with Gasteiger partial charge < -0.3 is 4.90 Å². The van der Waals surface area contributed by atoms with Crippen LogP contribution in [0.3, 0.4) is 0 Å². The first-order valence-corrected chi connectivity index (χ1v) is 15.2. The van der Waals surface area contributed by atoms with Crippen LogP contribution >= 0.6 is 7.26 Å². The van der Waals surface area contributed by atoms with Crippen LogP contribution in [0.4, 0.5) is 0 Å². The Bertz CT molecular complexity index is 1220. The number of likely N-dealkylation sites (tertiary alicyclic amines) is 2. The van der Waals surface area contributed by atoms with Crippen LogP contribution in [0.25, 0.3) is 0 Å². The van der Waals surface area contributed by atoms with E-state index in [0.29, 0.717) is 11.9 Å². The highest BCUT2D eigenvalue weighted by molar-refractivity contribution is 7.96. The summed E-state index contributed by atoms with van der Waals surface area (Å²) in [6, 6.07) is 43.5. The summed E-state index contributed by atoms with van der Waals surface area (Å²) in [5.74, 6) is 0.344. The summed E-state index contributed by atoms with van der Waals surface area (Å²) in [5.41, 5.74) is 1.30. The lowest BCUT2D eigenvalue weighted by molar-refractivity contribution is -0.129. The molecular formula is C33H34N2OP+. The summed E-state index contributed by atoms with van der Waals surface area (Å²) in [6.07, 6.45) is 1.96. The van der Waals surface area contributed by atoms with Crippen LogP contribution in [0.1, 0.15) is 18.4 Å². The molecule has 4 aromatic carbocycles. The van der Waals surface area contributed by atoms with Crippen molar-refractivity contribution in [1.82, 2.24) is 9.80 Å². The molecule has 0 bridgehead atoms. The van der Waals surface area contributed by atoms with E-state index in [1.165, 1.54) is 21.5 Å². The van der Waals surface area contributed by atoms with Crippen molar-refractivity contribution in [3.63, 3.8) is 0 Å². The van der Waals surface area contributed by atoms with Crippen molar-refractivity contribution < 1.29 is 4.79 Å². The fourth-order valence-corrected chi connectivity index (χ4v) is 11.3. The number of rotatable bonds is 7. The SMILES string of the molecule is O=C1[C@H]([P+](c2ccccc2)(c2ccccc2)c2ccccc2)CCN1[C@@H]1CCN(Cc2ccccc2)C1. The molecule has 1 amide bonds. The van der Waals surface area contributed by atoms with E-state index in [1.54, 1.807) is 0 Å². The molecule has 37 heavy (non-hydrogen) atoms. The minimum absolute atomic E-state index is 0.0390. The molecule has 3 nitrogen and oxygen atoms in total. The van der Waals surface area contributed by atoms with Gasteiger partial charge in [-0.1, -0.05) is 84.9 Å². The first-order chi connectivity index (χ1) is 18.3. The highest BCUT2D eigenvalue weighted by atomic mass is 31.2. The molecule has 4 heteroatoms. The lowest BCUT2D eigenvalue weighted by Gasteiger charge is -2.32. The smallest absolute Gasteiger partial charge is 0.264 e. The molecule has 4 aromatic rings. The third kappa shape index (κ3) is 4.52. The maximum absolute atomic E-state index is 14.5. The Morgan fingerprint density at radius 3 is 1.62 bits per heavy atom. The minimum atomic E-state index is -2.21. The first-order valence-electron chi connectivity index (χ1n) is 13.4. The molecule has 2 heterocycles. The maximum Gasteiger partial charge on any atom is 0.264 e. The maximum atomic E-state index is 14.5. The molecule has 0 N–H and O–H groups in total. The Balaban J connectivity index is 1.35. The second kappa shape index (κ2) is 10.6. The van der Waals surface area contributed by atoms with Gasteiger partial charge in [0.1, 0.15) is 23.2 Å². The molecule has 2 atom stereocenters. The van der Waals surface area contributed by atoms with Gasteiger partial charge in [0, 0.05) is 38.6 Å². The van der Waals surface area contributed by atoms with Crippen molar-refractivity contribution in [2.24, 2.45) is 0 Å². The molecule has 0 unspecified atom stereocenters. The summed E-state index contributed by atoms with van der Waals surface area (Å²) in [5, 5.41) is 3.89. The van der Waals surface area contributed by atoms with Crippen molar-refractivity contribution in [2.75, 3.05) is 19.6 Å². The lowest BCUT2D eigenvalue weighted by Crippen LogP contribution is -2.45. The molecule has 2 fully saturated rings. The van der Waals surface area contributed by atoms with Gasteiger partial charge in [0.05, 0.1) is 0 Å². The third-order valence-electron chi connectivity index (χ3n) is 8.11. The fourth-order valence-electron chi connectivity index (χ4n) is 6.44. The average molecular weight is 506 g/mol. The Kier molecular flexibility index (Phi) is 6.91.